The number of nitrogens with zero attached hydrogens (tertiary/aromatic N) is 2. The lowest BCUT2D eigenvalue weighted by Gasteiger charge is -2.39. The van der Waals surface area contributed by atoms with Crippen molar-refractivity contribution in [2.45, 2.75) is 12.6 Å². The van der Waals surface area contributed by atoms with E-state index in [1.807, 2.05) is 36.4 Å². The summed E-state index contributed by atoms with van der Waals surface area (Å²) in [6.45, 7) is 2.22. The van der Waals surface area contributed by atoms with Crippen molar-refractivity contribution < 1.29 is 14.0 Å². The zero-order chi connectivity index (χ0) is 22.3. The molecule has 1 aliphatic heterocycles. The van der Waals surface area contributed by atoms with E-state index in [1.165, 1.54) is 17.2 Å². The number of halogens is 1. The van der Waals surface area contributed by atoms with Gasteiger partial charge in [-0.05, 0) is 17.2 Å². The minimum absolute atomic E-state index is 0.0126. The van der Waals surface area contributed by atoms with Gasteiger partial charge in [0.15, 0.2) is 0 Å². The smallest absolute Gasteiger partial charge is 0.311 e. The third-order valence-corrected chi connectivity index (χ3v) is 5.79. The molecule has 164 valence electrons. The second-order valence-electron chi connectivity index (χ2n) is 7.83. The van der Waals surface area contributed by atoms with E-state index in [-0.39, 0.29) is 12.6 Å². The first-order chi connectivity index (χ1) is 15.6. The Labute approximate surface area is 187 Å². The fourth-order valence-electron chi connectivity index (χ4n) is 4.10. The van der Waals surface area contributed by atoms with Crippen LogP contribution in [0.4, 0.5) is 4.39 Å². The van der Waals surface area contributed by atoms with Crippen molar-refractivity contribution in [3.05, 3.63) is 107 Å². The minimum atomic E-state index is -0.704. The third-order valence-electron chi connectivity index (χ3n) is 5.79. The van der Waals surface area contributed by atoms with Crippen LogP contribution in [0.5, 0.6) is 0 Å². The molecule has 1 N–H and O–H groups in total. The Morgan fingerprint density at radius 1 is 0.781 bits per heavy atom. The molecular formula is C26H26FN3O2. The molecule has 3 aromatic carbocycles. The van der Waals surface area contributed by atoms with E-state index in [9.17, 15) is 14.0 Å². The number of carbonyl (C=O) groups excluding carboxylic acids is 2. The summed E-state index contributed by atoms with van der Waals surface area (Å²) in [4.78, 5) is 28.9. The van der Waals surface area contributed by atoms with Crippen LogP contribution >= 0.6 is 0 Å². The van der Waals surface area contributed by atoms with Crippen LogP contribution in [0.2, 0.25) is 0 Å². The summed E-state index contributed by atoms with van der Waals surface area (Å²) >= 11 is 0. The first kappa shape index (κ1) is 21.7. The predicted octanol–water partition coefficient (Wildman–Crippen LogP) is 3.38. The number of rotatable bonds is 5. The number of nitrogens with one attached hydrogen (secondary N) is 1. The highest BCUT2D eigenvalue weighted by molar-refractivity contribution is 6.35. The van der Waals surface area contributed by atoms with Gasteiger partial charge in [-0.15, -0.1) is 0 Å². The van der Waals surface area contributed by atoms with Crippen LogP contribution in [0.15, 0.2) is 84.9 Å². The number of piperazine rings is 1. The molecule has 6 heteroatoms. The van der Waals surface area contributed by atoms with Gasteiger partial charge in [0.05, 0.1) is 6.04 Å². The molecule has 0 unspecified atom stereocenters. The van der Waals surface area contributed by atoms with E-state index in [2.05, 4.69) is 34.5 Å². The molecule has 5 nitrogen and oxygen atoms in total. The van der Waals surface area contributed by atoms with Crippen LogP contribution in [0.1, 0.15) is 22.7 Å². The highest BCUT2D eigenvalue weighted by Gasteiger charge is 2.30. The summed E-state index contributed by atoms with van der Waals surface area (Å²) in [6, 6.07) is 26.9. The van der Waals surface area contributed by atoms with Gasteiger partial charge in [0.2, 0.25) is 0 Å². The van der Waals surface area contributed by atoms with E-state index < -0.39 is 17.6 Å². The Balaban J connectivity index is 1.38. The lowest BCUT2D eigenvalue weighted by molar-refractivity contribution is -0.147. The fourth-order valence-corrected chi connectivity index (χ4v) is 4.10. The van der Waals surface area contributed by atoms with Crippen molar-refractivity contribution in [2.24, 2.45) is 0 Å². The molecule has 0 aliphatic carbocycles. The van der Waals surface area contributed by atoms with Crippen LogP contribution < -0.4 is 5.32 Å². The van der Waals surface area contributed by atoms with Crippen LogP contribution in [-0.4, -0.2) is 47.8 Å². The Hall–Kier alpha value is -3.51. The molecule has 1 heterocycles. The topological polar surface area (TPSA) is 52.7 Å². The molecule has 0 atom stereocenters. The molecule has 3 aromatic rings. The molecule has 1 fully saturated rings. The van der Waals surface area contributed by atoms with E-state index in [0.29, 0.717) is 31.7 Å². The fraction of sp³-hybridized carbons (Fsp3) is 0.231. The Bertz CT molecular complexity index is 1010. The minimum Gasteiger partial charge on any atom is -0.344 e. The third kappa shape index (κ3) is 5.03. The summed E-state index contributed by atoms with van der Waals surface area (Å²) < 4.78 is 13.7. The molecule has 2 amide bonds. The maximum atomic E-state index is 13.7. The standard InChI is InChI=1S/C26H26FN3O2/c27-23-14-8-7-13-22(23)19-28-25(31)26(32)30-17-15-29(16-18-30)24(20-9-3-1-4-10-20)21-11-5-2-6-12-21/h1-14,24H,15-19H2,(H,28,31). The van der Waals surface area contributed by atoms with Gasteiger partial charge in [0.1, 0.15) is 5.82 Å². The Morgan fingerprint density at radius 2 is 1.31 bits per heavy atom. The SMILES string of the molecule is O=C(NCc1ccccc1F)C(=O)N1CCN(C(c2ccccc2)c2ccccc2)CC1. The molecule has 1 saturated heterocycles. The largest absolute Gasteiger partial charge is 0.344 e. The van der Waals surface area contributed by atoms with Crippen LogP contribution in [0.3, 0.4) is 0 Å². The van der Waals surface area contributed by atoms with Crippen molar-refractivity contribution in [3.8, 4) is 0 Å². The van der Waals surface area contributed by atoms with Crippen LogP contribution in [0.25, 0.3) is 0 Å². The molecule has 4 rings (SSSR count). The first-order valence-corrected chi connectivity index (χ1v) is 10.8. The molecule has 32 heavy (non-hydrogen) atoms. The molecular weight excluding hydrogens is 405 g/mol. The quantitative estimate of drug-likeness (QED) is 0.631. The summed E-state index contributed by atoms with van der Waals surface area (Å²) in [5.41, 5.74) is 2.74. The maximum absolute atomic E-state index is 13.7. The zero-order valence-corrected chi connectivity index (χ0v) is 17.8. The summed E-state index contributed by atoms with van der Waals surface area (Å²) in [5.74, 6) is -1.68. The summed E-state index contributed by atoms with van der Waals surface area (Å²) in [5, 5.41) is 2.54. The van der Waals surface area contributed by atoms with Gasteiger partial charge in [-0.25, -0.2) is 4.39 Å². The Kier molecular flexibility index (Phi) is 6.92. The lowest BCUT2D eigenvalue weighted by atomic mass is 9.96. The number of amides is 2. The van der Waals surface area contributed by atoms with Crippen LogP contribution in [0, 0.1) is 5.82 Å². The molecule has 0 bridgehead atoms. The van der Waals surface area contributed by atoms with Gasteiger partial charge in [-0.3, -0.25) is 14.5 Å². The zero-order valence-electron chi connectivity index (χ0n) is 17.8. The number of hydrogen-bond donors (Lipinski definition) is 1. The molecule has 1 aliphatic rings. The van der Waals surface area contributed by atoms with E-state index >= 15 is 0 Å². The van der Waals surface area contributed by atoms with Gasteiger partial charge in [-0.1, -0.05) is 78.9 Å². The molecule has 0 spiro atoms. The first-order valence-electron chi connectivity index (χ1n) is 10.8. The normalized spacial score (nSPS) is 14.4. The number of carbonyl (C=O) groups is 2. The highest BCUT2D eigenvalue weighted by atomic mass is 19.1. The Morgan fingerprint density at radius 3 is 1.88 bits per heavy atom. The average Bonchev–Trinajstić information content (AvgIpc) is 2.85. The van der Waals surface area contributed by atoms with Crippen molar-refractivity contribution >= 4 is 11.8 Å². The van der Waals surface area contributed by atoms with Crippen molar-refractivity contribution in [2.75, 3.05) is 26.2 Å². The lowest BCUT2D eigenvalue weighted by Crippen LogP contribution is -2.53. The predicted molar refractivity (Wildman–Crippen MR) is 121 cm³/mol. The molecule has 0 aromatic heterocycles. The second kappa shape index (κ2) is 10.2. The van der Waals surface area contributed by atoms with Gasteiger partial charge in [-0.2, -0.15) is 0 Å². The van der Waals surface area contributed by atoms with Gasteiger partial charge in [0, 0.05) is 38.3 Å². The summed E-state index contributed by atoms with van der Waals surface area (Å²) in [7, 11) is 0. The molecule has 0 saturated carbocycles. The second-order valence-corrected chi connectivity index (χ2v) is 7.83. The molecule has 0 radical (unpaired) electrons. The number of hydrogen-bond acceptors (Lipinski definition) is 3. The van der Waals surface area contributed by atoms with Crippen molar-refractivity contribution in [1.82, 2.24) is 15.1 Å². The monoisotopic (exact) mass is 431 g/mol. The highest BCUT2D eigenvalue weighted by Crippen LogP contribution is 2.29. The summed E-state index contributed by atoms with van der Waals surface area (Å²) in [6.07, 6.45) is 0. The van der Waals surface area contributed by atoms with Crippen molar-refractivity contribution in [1.29, 1.82) is 0 Å². The maximum Gasteiger partial charge on any atom is 0.311 e. The van der Waals surface area contributed by atoms with Gasteiger partial charge < -0.3 is 10.2 Å². The van der Waals surface area contributed by atoms with E-state index in [1.54, 1.807) is 23.1 Å². The van der Waals surface area contributed by atoms with Crippen LogP contribution in [-0.2, 0) is 16.1 Å². The van der Waals surface area contributed by atoms with Gasteiger partial charge >= 0.3 is 11.8 Å². The van der Waals surface area contributed by atoms with E-state index in [4.69, 9.17) is 0 Å². The number of benzene rings is 3. The average molecular weight is 432 g/mol. The van der Waals surface area contributed by atoms with E-state index in [0.717, 1.165) is 0 Å². The van der Waals surface area contributed by atoms with Crippen molar-refractivity contribution in [3.63, 3.8) is 0 Å². The van der Waals surface area contributed by atoms with Gasteiger partial charge in [0.25, 0.3) is 0 Å².